The molecule has 0 radical (unpaired) electrons. The Labute approximate surface area is 186 Å². The maximum Gasteiger partial charge on any atom is 0.270 e. The highest BCUT2D eigenvalue weighted by atomic mass is 35.5. The Hall–Kier alpha value is -2.85. The van der Waals surface area contributed by atoms with E-state index in [9.17, 15) is 22.4 Å². The zero-order chi connectivity index (χ0) is 23.6. The van der Waals surface area contributed by atoms with Gasteiger partial charge in [0, 0.05) is 30.8 Å². The summed E-state index contributed by atoms with van der Waals surface area (Å²) in [6.45, 7) is 2.35. The zero-order valence-electron chi connectivity index (χ0n) is 17.3. The lowest BCUT2D eigenvalue weighted by molar-refractivity contribution is 0.0891. The van der Waals surface area contributed by atoms with Crippen molar-refractivity contribution in [2.75, 3.05) is 6.54 Å². The molecule has 2 heterocycles. The average molecular weight is 473 g/mol. The molecule has 1 unspecified atom stereocenters. The van der Waals surface area contributed by atoms with Crippen LogP contribution in [0.2, 0.25) is 5.02 Å². The number of carbonyl (C=O) groups is 1. The predicted molar refractivity (Wildman–Crippen MR) is 111 cm³/mol. The van der Waals surface area contributed by atoms with E-state index in [4.69, 9.17) is 22.1 Å². The molecule has 1 atom stereocenters. The Balaban J connectivity index is 1.88. The maximum atomic E-state index is 13.9. The number of rotatable bonds is 8. The van der Waals surface area contributed by atoms with E-state index in [1.54, 1.807) is 6.92 Å². The van der Waals surface area contributed by atoms with Crippen molar-refractivity contribution in [3.63, 3.8) is 0 Å². The highest BCUT2D eigenvalue weighted by molar-refractivity contribution is 6.30. The molecule has 0 aliphatic heterocycles. The molecule has 0 bridgehead atoms. The van der Waals surface area contributed by atoms with Gasteiger partial charge in [0.05, 0.1) is 16.3 Å². The summed E-state index contributed by atoms with van der Waals surface area (Å²) in [6, 6.07) is 4.86. The molecule has 0 fully saturated rings. The monoisotopic (exact) mass is 472 g/mol. The van der Waals surface area contributed by atoms with Gasteiger partial charge in [-0.25, -0.2) is 22.5 Å². The summed E-state index contributed by atoms with van der Waals surface area (Å²) in [6.07, 6.45) is -1.78. The van der Waals surface area contributed by atoms with Gasteiger partial charge in [-0.3, -0.25) is 9.20 Å². The first-order valence-corrected chi connectivity index (χ1v) is 9.95. The summed E-state index contributed by atoms with van der Waals surface area (Å²) < 4.78 is 60.0. The van der Waals surface area contributed by atoms with Crippen molar-refractivity contribution < 1.29 is 27.1 Å². The fourth-order valence-electron chi connectivity index (χ4n) is 3.19. The van der Waals surface area contributed by atoms with Gasteiger partial charge in [0.1, 0.15) is 23.9 Å². The minimum absolute atomic E-state index is 0.0947. The van der Waals surface area contributed by atoms with Crippen LogP contribution in [0.1, 0.15) is 35.1 Å². The quantitative estimate of drug-likeness (QED) is 0.480. The van der Waals surface area contributed by atoms with Crippen molar-refractivity contribution in [3.05, 3.63) is 64.1 Å². The van der Waals surface area contributed by atoms with Crippen molar-refractivity contribution in [1.29, 1.82) is 0 Å². The van der Waals surface area contributed by atoms with E-state index in [-0.39, 0.29) is 34.2 Å². The fraction of sp³-hybridized carbons (Fsp3) is 0.333. The lowest BCUT2D eigenvalue weighted by Gasteiger charge is -2.24. The number of nitrogens with one attached hydrogen (secondary N) is 1. The predicted octanol–water partition coefficient (Wildman–Crippen LogP) is 4.26. The van der Waals surface area contributed by atoms with E-state index in [0.717, 1.165) is 12.1 Å². The van der Waals surface area contributed by atoms with Crippen LogP contribution in [-0.2, 0) is 6.61 Å². The molecule has 0 saturated heterocycles. The van der Waals surface area contributed by atoms with Gasteiger partial charge >= 0.3 is 0 Å². The molecule has 172 valence electrons. The van der Waals surface area contributed by atoms with E-state index >= 15 is 0 Å². The van der Waals surface area contributed by atoms with Crippen molar-refractivity contribution in [3.8, 4) is 5.75 Å². The number of nitrogens with two attached hydrogens (primary N) is 1. The molecule has 0 aliphatic carbocycles. The molecule has 6 nitrogen and oxygen atoms in total. The Morgan fingerprint density at radius 3 is 2.62 bits per heavy atom. The minimum atomic E-state index is -2.61. The number of nitrogens with zero attached hydrogens (tertiary/aromatic N) is 2. The van der Waals surface area contributed by atoms with Gasteiger partial charge in [0.2, 0.25) is 6.43 Å². The van der Waals surface area contributed by atoms with Gasteiger partial charge in [0.15, 0.2) is 11.4 Å². The first kappa shape index (κ1) is 23.8. The van der Waals surface area contributed by atoms with Gasteiger partial charge in [-0.15, -0.1) is 0 Å². The van der Waals surface area contributed by atoms with Crippen LogP contribution < -0.4 is 15.8 Å². The fourth-order valence-corrected chi connectivity index (χ4v) is 3.38. The molecule has 2 aromatic heterocycles. The van der Waals surface area contributed by atoms with Crippen LogP contribution in [0.3, 0.4) is 0 Å². The van der Waals surface area contributed by atoms with Crippen LogP contribution in [0, 0.1) is 18.6 Å². The first-order valence-electron chi connectivity index (χ1n) is 9.57. The average Bonchev–Trinajstić information content (AvgIpc) is 3.00. The van der Waals surface area contributed by atoms with E-state index in [1.807, 2.05) is 0 Å². The second-order valence-corrected chi connectivity index (χ2v) is 8.12. The number of hydrogen-bond donors (Lipinski definition) is 2. The van der Waals surface area contributed by atoms with Crippen LogP contribution in [0.15, 0.2) is 30.5 Å². The second-order valence-electron chi connectivity index (χ2n) is 7.68. The molecule has 0 saturated carbocycles. The third-order valence-corrected chi connectivity index (χ3v) is 4.96. The van der Waals surface area contributed by atoms with Gasteiger partial charge in [0.25, 0.3) is 5.91 Å². The summed E-state index contributed by atoms with van der Waals surface area (Å²) in [5.74, 6) is -2.04. The van der Waals surface area contributed by atoms with Gasteiger partial charge in [-0.1, -0.05) is 17.7 Å². The molecule has 1 aromatic carbocycles. The largest absolute Gasteiger partial charge is 0.485 e. The molecule has 3 N–H and O–H groups in total. The second kappa shape index (κ2) is 9.33. The number of aryl methyl sites for hydroxylation is 1. The van der Waals surface area contributed by atoms with E-state index in [0.29, 0.717) is 5.69 Å². The molecule has 3 aromatic rings. The lowest BCUT2D eigenvalue weighted by atomic mass is 9.99. The molecular weight excluding hydrogens is 452 g/mol. The Morgan fingerprint density at radius 2 is 2.00 bits per heavy atom. The zero-order valence-corrected chi connectivity index (χ0v) is 18.0. The van der Waals surface area contributed by atoms with E-state index < -0.39 is 42.5 Å². The number of pyridine rings is 1. The summed E-state index contributed by atoms with van der Waals surface area (Å²) in [7, 11) is 0. The standard InChI is InChI=1S/C21H21ClF4N4O2/c1-11-18(20(31)28-10-21(2,27)7-17(25)26)30-8-12(22)6-16(19(30)29-11)32-9-13-14(23)4-3-5-15(13)24/h3-6,8,17H,7,9-10,27H2,1-2H3,(H,28,31). The summed E-state index contributed by atoms with van der Waals surface area (Å²) >= 11 is 6.15. The highest BCUT2D eigenvalue weighted by Crippen LogP contribution is 2.28. The number of carbonyl (C=O) groups excluding carboxylic acids is 1. The first-order chi connectivity index (χ1) is 15.0. The van der Waals surface area contributed by atoms with Crippen molar-refractivity contribution in [2.24, 2.45) is 5.73 Å². The SMILES string of the molecule is Cc1nc2c(OCc3c(F)cccc3F)cc(Cl)cn2c1C(=O)NCC(C)(N)CC(F)F. The summed E-state index contributed by atoms with van der Waals surface area (Å²) in [4.78, 5) is 17.1. The number of benzene rings is 1. The third-order valence-electron chi connectivity index (χ3n) is 4.75. The number of imidazole rings is 1. The smallest absolute Gasteiger partial charge is 0.270 e. The molecule has 11 heteroatoms. The Bertz CT molecular complexity index is 1130. The minimum Gasteiger partial charge on any atom is -0.485 e. The number of amides is 1. The van der Waals surface area contributed by atoms with Crippen molar-refractivity contribution in [1.82, 2.24) is 14.7 Å². The van der Waals surface area contributed by atoms with E-state index in [1.165, 1.54) is 29.7 Å². The molecule has 0 spiro atoms. The molecule has 32 heavy (non-hydrogen) atoms. The topological polar surface area (TPSA) is 81.7 Å². The molecular formula is C21H21ClF4N4O2. The maximum absolute atomic E-state index is 13.9. The Kier molecular flexibility index (Phi) is 6.94. The van der Waals surface area contributed by atoms with Gasteiger partial charge in [-0.2, -0.15) is 0 Å². The van der Waals surface area contributed by atoms with Gasteiger partial charge in [-0.05, 0) is 26.0 Å². The molecule has 3 rings (SSSR count). The van der Waals surface area contributed by atoms with Crippen LogP contribution in [0.25, 0.3) is 5.65 Å². The summed E-state index contributed by atoms with van der Waals surface area (Å²) in [5, 5.41) is 2.71. The highest BCUT2D eigenvalue weighted by Gasteiger charge is 2.26. The van der Waals surface area contributed by atoms with Crippen LogP contribution in [0.4, 0.5) is 17.6 Å². The number of aromatic nitrogens is 2. The van der Waals surface area contributed by atoms with Crippen LogP contribution in [0.5, 0.6) is 5.75 Å². The molecule has 0 aliphatic rings. The Morgan fingerprint density at radius 1 is 1.34 bits per heavy atom. The summed E-state index contributed by atoms with van der Waals surface area (Å²) in [5.41, 5.74) is 4.83. The lowest BCUT2D eigenvalue weighted by Crippen LogP contribution is -2.49. The number of hydrogen-bond acceptors (Lipinski definition) is 4. The van der Waals surface area contributed by atoms with E-state index in [2.05, 4.69) is 10.3 Å². The number of fused-ring (bicyclic) bond motifs is 1. The third kappa shape index (κ3) is 5.31. The van der Waals surface area contributed by atoms with Crippen molar-refractivity contribution >= 4 is 23.2 Å². The van der Waals surface area contributed by atoms with Gasteiger partial charge < -0.3 is 15.8 Å². The number of halogens is 5. The number of alkyl halides is 2. The number of ether oxygens (including phenoxy) is 1. The van der Waals surface area contributed by atoms with Crippen LogP contribution in [-0.4, -0.2) is 33.8 Å². The van der Waals surface area contributed by atoms with Crippen LogP contribution >= 0.6 is 11.6 Å². The normalized spacial score (nSPS) is 13.4. The molecule has 1 amide bonds. The van der Waals surface area contributed by atoms with Crippen molar-refractivity contribution in [2.45, 2.75) is 38.8 Å².